The Kier molecular flexibility index (Phi) is 3.88. The van der Waals surface area contributed by atoms with Crippen molar-refractivity contribution in [2.24, 2.45) is 0 Å². The third-order valence-corrected chi connectivity index (χ3v) is 0.405. The predicted molar refractivity (Wildman–Crippen MR) is 30.9 cm³/mol. The molecule has 0 aromatic carbocycles. The molecule has 0 saturated heterocycles. The van der Waals surface area contributed by atoms with Gasteiger partial charge in [0, 0.05) is 6.92 Å². The highest BCUT2D eigenvalue weighted by Gasteiger charge is 2.24. The monoisotopic (exact) mass is 140 g/mol. The van der Waals surface area contributed by atoms with E-state index in [1.54, 1.807) is 0 Å². The van der Waals surface area contributed by atoms with Crippen molar-refractivity contribution in [1.29, 1.82) is 0 Å². The van der Waals surface area contributed by atoms with Crippen molar-refractivity contribution in [3.05, 3.63) is 0 Å². The number of hydrogen-bond donors (Lipinski definition) is 3. The standard InChI is InChI=1S/C3H6O4.H2S/c1-3(6,7)2(4)5;/h6-7H,1H3,(H,4,5);1H2. The third kappa shape index (κ3) is 3.91. The van der Waals surface area contributed by atoms with E-state index in [4.69, 9.17) is 15.3 Å². The lowest BCUT2D eigenvalue weighted by Gasteiger charge is -2.06. The van der Waals surface area contributed by atoms with E-state index in [1.807, 2.05) is 0 Å². The van der Waals surface area contributed by atoms with Gasteiger partial charge in [-0.25, -0.2) is 4.79 Å². The van der Waals surface area contributed by atoms with Crippen LogP contribution >= 0.6 is 13.5 Å². The molecule has 0 fully saturated rings. The average Bonchev–Trinajstić information content (AvgIpc) is 1.31. The Balaban J connectivity index is 0. The highest BCUT2D eigenvalue weighted by atomic mass is 32.1. The molecule has 0 rings (SSSR count). The summed E-state index contributed by atoms with van der Waals surface area (Å²) in [4.78, 5) is 9.52. The molecule has 0 aliphatic heterocycles. The summed E-state index contributed by atoms with van der Waals surface area (Å²) in [6, 6.07) is 0. The molecule has 0 saturated carbocycles. The summed E-state index contributed by atoms with van der Waals surface area (Å²) in [6.07, 6.45) is 0. The van der Waals surface area contributed by atoms with E-state index in [0.29, 0.717) is 0 Å². The molecule has 0 aromatic heterocycles. The smallest absolute Gasteiger partial charge is 0.363 e. The highest BCUT2D eigenvalue weighted by molar-refractivity contribution is 7.59. The van der Waals surface area contributed by atoms with Crippen LogP contribution in [0.1, 0.15) is 6.92 Å². The molecule has 50 valence electrons. The van der Waals surface area contributed by atoms with E-state index in [-0.39, 0.29) is 13.5 Å². The van der Waals surface area contributed by atoms with Crippen molar-refractivity contribution < 1.29 is 20.1 Å². The summed E-state index contributed by atoms with van der Waals surface area (Å²) < 4.78 is 0. The van der Waals surface area contributed by atoms with Gasteiger partial charge < -0.3 is 15.3 Å². The lowest BCUT2D eigenvalue weighted by Crippen LogP contribution is -2.33. The SMILES string of the molecule is CC(O)(O)C(=O)O.S. The minimum Gasteiger partial charge on any atom is -0.477 e. The zero-order valence-electron chi connectivity index (χ0n) is 4.25. The summed E-state index contributed by atoms with van der Waals surface area (Å²) in [6.45, 7) is 0.773. The second-order valence-corrected chi connectivity index (χ2v) is 1.33. The van der Waals surface area contributed by atoms with Crippen molar-refractivity contribution >= 4 is 19.5 Å². The van der Waals surface area contributed by atoms with Crippen molar-refractivity contribution in [3.8, 4) is 0 Å². The molecular weight excluding hydrogens is 132 g/mol. The molecule has 3 N–H and O–H groups in total. The largest absolute Gasteiger partial charge is 0.477 e. The number of carboxylic acids is 1. The third-order valence-electron chi connectivity index (χ3n) is 0.405. The van der Waals surface area contributed by atoms with E-state index in [2.05, 4.69) is 0 Å². The Morgan fingerprint density at radius 3 is 1.62 bits per heavy atom. The summed E-state index contributed by atoms with van der Waals surface area (Å²) in [5, 5.41) is 23.9. The Morgan fingerprint density at radius 1 is 1.50 bits per heavy atom. The van der Waals surface area contributed by atoms with Gasteiger partial charge in [-0.15, -0.1) is 0 Å². The Bertz CT molecular complexity index is 83.8. The topological polar surface area (TPSA) is 77.8 Å². The molecule has 0 radical (unpaired) electrons. The fourth-order valence-electron chi connectivity index (χ4n) is 0. The quantitative estimate of drug-likeness (QED) is 0.403. The first-order valence-electron chi connectivity index (χ1n) is 1.62. The van der Waals surface area contributed by atoms with Crippen molar-refractivity contribution in [1.82, 2.24) is 0 Å². The molecule has 4 nitrogen and oxygen atoms in total. The first kappa shape index (κ1) is 10.7. The molecule has 0 unspecified atom stereocenters. The van der Waals surface area contributed by atoms with Crippen LogP contribution in [0.25, 0.3) is 0 Å². The highest BCUT2D eigenvalue weighted by Crippen LogP contribution is 1.93. The maximum Gasteiger partial charge on any atom is 0.363 e. The average molecular weight is 140 g/mol. The van der Waals surface area contributed by atoms with Crippen LogP contribution in [0.5, 0.6) is 0 Å². The van der Waals surface area contributed by atoms with Gasteiger partial charge in [0.05, 0.1) is 0 Å². The van der Waals surface area contributed by atoms with Crippen LogP contribution < -0.4 is 0 Å². The van der Waals surface area contributed by atoms with Crippen LogP contribution in [0, 0.1) is 0 Å². The van der Waals surface area contributed by atoms with Crippen molar-refractivity contribution in [3.63, 3.8) is 0 Å². The van der Waals surface area contributed by atoms with E-state index >= 15 is 0 Å². The lowest BCUT2D eigenvalue weighted by atomic mass is 10.3. The first-order valence-corrected chi connectivity index (χ1v) is 1.62. The Morgan fingerprint density at radius 2 is 1.62 bits per heavy atom. The van der Waals surface area contributed by atoms with Gasteiger partial charge >= 0.3 is 5.97 Å². The van der Waals surface area contributed by atoms with Crippen molar-refractivity contribution in [2.45, 2.75) is 12.7 Å². The van der Waals surface area contributed by atoms with Crippen LogP contribution in [-0.4, -0.2) is 27.1 Å². The normalized spacial score (nSPS) is 9.88. The minimum absolute atomic E-state index is 0. The predicted octanol–water partition coefficient (Wildman–Crippen LogP) is -1.12. The van der Waals surface area contributed by atoms with Gasteiger partial charge in [0.2, 0.25) is 0 Å². The maximum atomic E-state index is 9.52. The number of aliphatic hydroxyl groups is 2. The molecule has 0 aromatic rings. The summed E-state index contributed by atoms with van der Waals surface area (Å²) in [7, 11) is 0. The summed E-state index contributed by atoms with van der Waals surface area (Å²) >= 11 is 0. The van der Waals surface area contributed by atoms with Crippen LogP contribution in [0.2, 0.25) is 0 Å². The fraction of sp³-hybridized carbons (Fsp3) is 0.667. The van der Waals surface area contributed by atoms with E-state index in [9.17, 15) is 4.79 Å². The van der Waals surface area contributed by atoms with Crippen LogP contribution in [0.4, 0.5) is 0 Å². The number of aliphatic carboxylic acids is 1. The molecule has 5 heteroatoms. The number of hydrogen-bond acceptors (Lipinski definition) is 3. The van der Waals surface area contributed by atoms with E-state index in [1.165, 1.54) is 0 Å². The van der Waals surface area contributed by atoms with Gasteiger partial charge in [-0.2, -0.15) is 13.5 Å². The second kappa shape index (κ2) is 2.91. The van der Waals surface area contributed by atoms with Crippen LogP contribution in [-0.2, 0) is 4.79 Å². The van der Waals surface area contributed by atoms with Gasteiger partial charge in [0.1, 0.15) is 0 Å². The van der Waals surface area contributed by atoms with Gasteiger partial charge in [-0.3, -0.25) is 0 Å². The van der Waals surface area contributed by atoms with E-state index < -0.39 is 11.8 Å². The zero-order chi connectivity index (χ0) is 6.08. The molecule has 0 atom stereocenters. The number of carbonyl (C=O) groups is 1. The van der Waals surface area contributed by atoms with Crippen molar-refractivity contribution in [2.75, 3.05) is 0 Å². The molecule has 8 heavy (non-hydrogen) atoms. The molecule has 0 aliphatic rings. The zero-order valence-corrected chi connectivity index (χ0v) is 5.25. The van der Waals surface area contributed by atoms with Crippen LogP contribution in [0.3, 0.4) is 0 Å². The Hall–Kier alpha value is -0.260. The molecular formula is C3H8O4S. The van der Waals surface area contributed by atoms with Gasteiger partial charge in [-0.05, 0) is 0 Å². The maximum absolute atomic E-state index is 9.52. The minimum atomic E-state index is -2.58. The summed E-state index contributed by atoms with van der Waals surface area (Å²) in [5.41, 5.74) is 0. The molecule has 0 heterocycles. The second-order valence-electron chi connectivity index (χ2n) is 1.33. The molecule has 0 aliphatic carbocycles. The lowest BCUT2D eigenvalue weighted by molar-refractivity contribution is -0.196. The van der Waals surface area contributed by atoms with Gasteiger partial charge in [-0.1, -0.05) is 0 Å². The van der Waals surface area contributed by atoms with E-state index in [0.717, 1.165) is 6.92 Å². The summed E-state index contributed by atoms with van der Waals surface area (Å²) in [5.74, 6) is -4.23. The molecule has 0 spiro atoms. The van der Waals surface area contributed by atoms with Crippen LogP contribution in [0.15, 0.2) is 0 Å². The fourth-order valence-corrected chi connectivity index (χ4v) is 0. The molecule has 0 bridgehead atoms. The molecule has 0 amide bonds. The Labute approximate surface area is 53.2 Å². The number of rotatable bonds is 1. The number of carboxylic acid groups (broad SMARTS) is 1. The first-order chi connectivity index (χ1) is 2.94. The van der Waals surface area contributed by atoms with Gasteiger partial charge in [0.25, 0.3) is 5.79 Å². The van der Waals surface area contributed by atoms with Gasteiger partial charge in [0.15, 0.2) is 0 Å².